The van der Waals surface area contributed by atoms with Crippen molar-refractivity contribution >= 4 is 17.5 Å². The van der Waals surface area contributed by atoms with Crippen LogP contribution in [0.3, 0.4) is 0 Å². The van der Waals surface area contributed by atoms with Gasteiger partial charge in [0.05, 0.1) is 11.9 Å². The van der Waals surface area contributed by atoms with Crippen molar-refractivity contribution in [3.8, 4) is 0 Å². The first-order chi connectivity index (χ1) is 7.66. The van der Waals surface area contributed by atoms with Crippen LogP contribution in [0.4, 0.5) is 14.5 Å². The van der Waals surface area contributed by atoms with Gasteiger partial charge in [-0.05, 0) is 23.9 Å². The number of piperazine rings is 1. The molecule has 6 heteroatoms. The Morgan fingerprint density at radius 2 is 1.88 bits per heavy atom. The Balaban J connectivity index is 2.04. The molecule has 0 aromatic carbocycles. The van der Waals surface area contributed by atoms with Gasteiger partial charge in [-0.2, -0.15) is 0 Å². The molecular formula is C10H12ClF2N3. The van der Waals surface area contributed by atoms with E-state index in [1.54, 1.807) is 10.5 Å². The number of hydrogen-bond acceptors (Lipinski definition) is 3. The lowest BCUT2D eigenvalue weighted by Gasteiger charge is -2.32. The van der Waals surface area contributed by atoms with Crippen molar-refractivity contribution in [3.63, 3.8) is 0 Å². The second-order valence-electron chi connectivity index (χ2n) is 3.64. The highest BCUT2D eigenvalue weighted by Crippen LogP contribution is 2.20. The third kappa shape index (κ3) is 2.59. The van der Waals surface area contributed by atoms with Gasteiger partial charge in [-0.15, -0.1) is 0 Å². The second kappa shape index (κ2) is 4.93. The fourth-order valence-electron chi connectivity index (χ4n) is 1.65. The number of halogens is 3. The van der Waals surface area contributed by atoms with E-state index in [1.165, 1.54) is 12.3 Å². The number of hydrogen-bond donors (Lipinski definition) is 0. The van der Waals surface area contributed by atoms with E-state index in [-0.39, 0.29) is 5.69 Å². The van der Waals surface area contributed by atoms with E-state index in [0.29, 0.717) is 0 Å². The van der Waals surface area contributed by atoms with Crippen LogP contribution < -0.4 is 4.90 Å². The fraction of sp³-hybridized carbons (Fsp3) is 0.500. The van der Waals surface area contributed by atoms with Gasteiger partial charge in [0.25, 0.3) is 6.43 Å². The summed E-state index contributed by atoms with van der Waals surface area (Å²) in [6.07, 6.45) is -1.01. The standard InChI is InChI=1S/C10H12ClF2N3/c11-16-5-3-15(4-6-16)8-1-2-9(10(12)13)14-7-8/h1-2,7,10H,3-6H2. The molecule has 88 valence electrons. The summed E-state index contributed by atoms with van der Waals surface area (Å²) >= 11 is 5.83. The molecule has 0 aliphatic carbocycles. The lowest BCUT2D eigenvalue weighted by molar-refractivity contribution is 0.146. The molecule has 0 amide bonds. The van der Waals surface area contributed by atoms with E-state index in [9.17, 15) is 8.78 Å². The number of nitrogens with zero attached hydrogens (tertiary/aromatic N) is 3. The van der Waals surface area contributed by atoms with Crippen molar-refractivity contribution in [1.29, 1.82) is 0 Å². The van der Waals surface area contributed by atoms with Crippen LogP contribution in [0.25, 0.3) is 0 Å². The van der Waals surface area contributed by atoms with Gasteiger partial charge in [-0.25, -0.2) is 13.2 Å². The summed E-state index contributed by atoms with van der Waals surface area (Å²) in [6.45, 7) is 3.11. The van der Waals surface area contributed by atoms with E-state index < -0.39 is 6.43 Å². The van der Waals surface area contributed by atoms with Gasteiger partial charge in [0.15, 0.2) is 0 Å². The quantitative estimate of drug-likeness (QED) is 0.748. The topological polar surface area (TPSA) is 19.4 Å². The molecule has 1 aliphatic heterocycles. The summed E-state index contributed by atoms with van der Waals surface area (Å²) in [6, 6.07) is 3.05. The summed E-state index contributed by atoms with van der Waals surface area (Å²) in [5, 5.41) is 0. The molecule has 3 nitrogen and oxygen atoms in total. The molecule has 0 radical (unpaired) electrons. The monoisotopic (exact) mass is 247 g/mol. The predicted octanol–water partition coefficient (Wildman–Crippen LogP) is 2.29. The summed E-state index contributed by atoms with van der Waals surface area (Å²) in [4.78, 5) is 5.82. The second-order valence-corrected chi connectivity index (χ2v) is 4.12. The Morgan fingerprint density at radius 1 is 1.19 bits per heavy atom. The Hall–Kier alpha value is -0.940. The molecular weight excluding hydrogens is 236 g/mol. The van der Waals surface area contributed by atoms with Crippen LogP contribution in [0.15, 0.2) is 18.3 Å². The molecule has 0 N–H and O–H groups in total. The highest BCUT2D eigenvalue weighted by molar-refractivity contribution is 6.13. The third-order valence-corrected chi connectivity index (χ3v) is 2.92. The van der Waals surface area contributed by atoms with E-state index in [2.05, 4.69) is 9.88 Å². The molecule has 0 saturated carbocycles. The largest absolute Gasteiger partial charge is 0.368 e. The van der Waals surface area contributed by atoms with Crippen LogP contribution in [0, 0.1) is 0 Å². The molecule has 16 heavy (non-hydrogen) atoms. The van der Waals surface area contributed by atoms with E-state index in [0.717, 1.165) is 31.9 Å². The van der Waals surface area contributed by atoms with Crippen LogP contribution in [0.5, 0.6) is 0 Å². The minimum absolute atomic E-state index is 0.181. The fourth-order valence-corrected chi connectivity index (χ4v) is 1.81. The zero-order valence-electron chi connectivity index (χ0n) is 8.61. The first kappa shape index (κ1) is 11.5. The number of alkyl halides is 2. The number of rotatable bonds is 2. The summed E-state index contributed by atoms with van der Waals surface area (Å²) < 4.78 is 26.3. The minimum Gasteiger partial charge on any atom is -0.368 e. The molecule has 2 heterocycles. The Bertz CT molecular complexity index is 336. The van der Waals surface area contributed by atoms with Crippen LogP contribution in [-0.2, 0) is 0 Å². The first-order valence-electron chi connectivity index (χ1n) is 5.06. The maximum atomic E-state index is 12.3. The van der Waals surface area contributed by atoms with E-state index in [4.69, 9.17) is 11.8 Å². The van der Waals surface area contributed by atoms with Gasteiger partial charge < -0.3 is 4.90 Å². The van der Waals surface area contributed by atoms with Crippen LogP contribution in [-0.4, -0.2) is 35.6 Å². The molecule has 2 rings (SSSR count). The normalized spacial score (nSPS) is 18.1. The number of aromatic nitrogens is 1. The lowest BCUT2D eigenvalue weighted by atomic mass is 10.3. The first-order valence-corrected chi connectivity index (χ1v) is 5.40. The van der Waals surface area contributed by atoms with Crippen LogP contribution in [0.1, 0.15) is 12.1 Å². The molecule has 1 aromatic rings. The van der Waals surface area contributed by atoms with Crippen LogP contribution >= 0.6 is 11.8 Å². The molecule has 0 atom stereocenters. The van der Waals surface area contributed by atoms with Crippen LogP contribution in [0.2, 0.25) is 0 Å². The minimum atomic E-state index is -2.51. The summed E-state index contributed by atoms with van der Waals surface area (Å²) in [7, 11) is 0. The summed E-state index contributed by atoms with van der Waals surface area (Å²) in [5.74, 6) is 0. The van der Waals surface area contributed by atoms with E-state index >= 15 is 0 Å². The maximum Gasteiger partial charge on any atom is 0.280 e. The molecule has 1 fully saturated rings. The van der Waals surface area contributed by atoms with Gasteiger partial charge in [0.1, 0.15) is 5.69 Å². The third-order valence-electron chi connectivity index (χ3n) is 2.58. The molecule has 1 aliphatic rings. The maximum absolute atomic E-state index is 12.3. The lowest BCUT2D eigenvalue weighted by Crippen LogP contribution is -2.42. The molecule has 0 unspecified atom stereocenters. The molecule has 0 bridgehead atoms. The van der Waals surface area contributed by atoms with Gasteiger partial charge in [0, 0.05) is 26.2 Å². The Kier molecular flexibility index (Phi) is 3.56. The van der Waals surface area contributed by atoms with E-state index in [1.807, 2.05) is 0 Å². The zero-order valence-corrected chi connectivity index (χ0v) is 9.37. The smallest absolute Gasteiger partial charge is 0.280 e. The summed E-state index contributed by atoms with van der Waals surface area (Å²) in [5.41, 5.74) is 0.689. The Morgan fingerprint density at radius 3 is 2.38 bits per heavy atom. The zero-order chi connectivity index (χ0) is 11.5. The van der Waals surface area contributed by atoms with Crippen molar-refractivity contribution in [2.45, 2.75) is 6.43 Å². The highest BCUT2D eigenvalue weighted by Gasteiger charge is 2.16. The molecule has 1 aromatic heterocycles. The van der Waals surface area contributed by atoms with Crippen molar-refractivity contribution in [2.75, 3.05) is 31.1 Å². The number of pyridine rings is 1. The predicted molar refractivity (Wildman–Crippen MR) is 58.8 cm³/mol. The molecule has 1 saturated heterocycles. The average molecular weight is 248 g/mol. The Labute approximate surface area is 97.7 Å². The highest BCUT2D eigenvalue weighted by atomic mass is 35.5. The van der Waals surface area contributed by atoms with Gasteiger partial charge in [-0.1, -0.05) is 0 Å². The van der Waals surface area contributed by atoms with Gasteiger partial charge in [-0.3, -0.25) is 4.98 Å². The van der Waals surface area contributed by atoms with Gasteiger partial charge >= 0.3 is 0 Å². The van der Waals surface area contributed by atoms with Crippen molar-refractivity contribution < 1.29 is 8.78 Å². The van der Waals surface area contributed by atoms with Crippen molar-refractivity contribution in [2.24, 2.45) is 0 Å². The number of anilines is 1. The van der Waals surface area contributed by atoms with Crippen molar-refractivity contribution in [3.05, 3.63) is 24.0 Å². The van der Waals surface area contributed by atoms with Crippen molar-refractivity contribution in [1.82, 2.24) is 9.40 Å². The average Bonchev–Trinajstić information content (AvgIpc) is 2.30. The van der Waals surface area contributed by atoms with Gasteiger partial charge in [0.2, 0.25) is 0 Å². The SMILES string of the molecule is FC(F)c1ccc(N2CCN(Cl)CC2)cn1. The molecule has 0 spiro atoms.